The zero-order valence-corrected chi connectivity index (χ0v) is 23.4. The van der Waals surface area contributed by atoms with Crippen LogP contribution in [0.3, 0.4) is 0 Å². The molecule has 4 amide bonds. The molecule has 0 aromatic heterocycles. The molecule has 1 fully saturated rings. The van der Waals surface area contributed by atoms with Crippen molar-refractivity contribution in [3.63, 3.8) is 0 Å². The van der Waals surface area contributed by atoms with Crippen molar-refractivity contribution < 1.29 is 19.2 Å². The maximum absolute atomic E-state index is 13.5. The molecule has 3 N–H and O–H groups in total. The van der Waals surface area contributed by atoms with E-state index in [1.54, 1.807) is 14.0 Å². The van der Waals surface area contributed by atoms with Gasteiger partial charge >= 0.3 is 0 Å². The Morgan fingerprint density at radius 1 is 0.846 bits per heavy atom. The molecule has 1 saturated heterocycles. The van der Waals surface area contributed by atoms with E-state index in [0.29, 0.717) is 32.5 Å². The van der Waals surface area contributed by atoms with E-state index in [4.69, 9.17) is 0 Å². The molecular weight excluding hydrogens is 494 g/mol. The summed E-state index contributed by atoms with van der Waals surface area (Å²) in [5.41, 5.74) is 1.94. The molecule has 9 heteroatoms. The van der Waals surface area contributed by atoms with E-state index in [0.717, 1.165) is 11.1 Å². The van der Waals surface area contributed by atoms with Crippen LogP contribution >= 0.6 is 0 Å². The number of hydrogen-bond acceptors (Lipinski definition) is 5. The largest absolute Gasteiger partial charge is 0.353 e. The second-order valence-corrected chi connectivity index (χ2v) is 10.6. The van der Waals surface area contributed by atoms with Crippen LogP contribution < -0.4 is 16.0 Å². The van der Waals surface area contributed by atoms with Crippen LogP contribution in [-0.2, 0) is 32.1 Å². The van der Waals surface area contributed by atoms with Gasteiger partial charge < -0.3 is 20.9 Å². The highest BCUT2D eigenvalue weighted by molar-refractivity contribution is 5.94. The predicted molar refractivity (Wildman–Crippen MR) is 150 cm³/mol. The van der Waals surface area contributed by atoms with E-state index >= 15 is 0 Å². The zero-order valence-electron chi connectivity index (χ0n) is 23.4. The third-order valence-corrected chi connectivity index (χ3v) is 6.91. The Labute approximate surface area is 231 Å². The summed E-state index contributed by atoms with van der Waals surface area (Å²) in [7, 11) is 1.55. The van der Waals surface area contributed by atoms with Gasteiger partial charge in [-0.25, -0.2) is 0 Å². The highest BCUT2D eigenvalue weighted by Crippen LogP contribution is 2.12. The molecule has 3 rings (SSSR count). The summed E-state index contributed by atoms with van der Waals surface area (Å²) in [5, 5.41) is 8.70. The molecule has 0 unspecified atom stereocenters. The van der Waals surface area contributed by atoms with Gasteiger partial charge in [-0.3, -0.25) is 24.1 Å². The number of amides is 4. The van der Waals surface area contributed by atoms with Crippen LogP contribution in [0.25, 0.3) is 0 Å². The van der Waals surface area contributed by atoms with Gasteiger partial charge in [0.1, 0.15) is 18.1 Å². The van der Waals surface area contributed by atoms with Crippen molar-refractivity contribution in [3.05, 3.63) is 71.8 Å². The Morgan fingerprint density at radius 2 is 1.46 bits per heavy atom. The quantitative estimate of drug-likeness (QED) is 0.522. The SMILES string of the molecule is CC(C)C[C@@H]1NC(=O)CN(Cc2ccccc2)CCNC(=O)[C@H](Cc2ccccc2)NC(=O)[C@H](C)N(C)C1=O. The number of nitrogens with one attached hydrogen (secondary N) is 3. The summed E-state index contributed by atoms with van der Waals surface area (Å²) in [5.74, 6) is -1.22. The van der Waals surface area contributed by atoms with Gasteiger partial charge in [0.05, 0.1) is 6.54 Å². The van der Waals surface area contributed by atoms with Gasteiger partial charge in [0, 0.05) is 33.1 Å². The van der Waals surface area contributed by atoms with Crippen LogP contribution in [0.1, 0.15) is 38.3 Å². The molecule has 2 aromatic rings. The molecule has 210 valence electrons. The van der Waals surface area contributed by atoms with Crippen LogP contribution in [0, 0.1) is 5.92 Å². The summed E-state index contributed by atoms with van der Waals surface area (Å²) in [6, 6.07) is 16.8. The molecule has 0 aliphatic carbocycles. The number of carbonyl (C=O) groups excluding carboxylic acids is 4. The Balaban J connectivity index is 1.88. The fraction of sp³-hybridized carbons (Fsp3) is 0.467. The van der Waals surface area contributed by atoms with Crippen LogP contribution in [0.15, 0.2) is 60.7 Å². The number of carbonyl (C=O) groups is 4. The Morgan fingerprint density at radius 3 is 2.08 bits per heavy atom. The van der Waals surface area contributed by atoms with Gasteiger partial charge in [0.25, 0.3) is 0 Å². The fourth-order valence-electron chi connectivity index (χ4n) is 4.62. The Kier molecular flexibility index (Phi) is 11.0. The molecule has 39 heavy (non-hydrogen) atoms. The van der Waals surface area contributed by atoms with E-state index < -0.39 is 24.0 Å². The Bertz CT molecular complexity index is 1110. The lowest BCUT2D eigenvalue weighted by Gasteiger charge is -2.30. The van der Waals surface area contributed by atoms with Crippen molar-refractivity contribution >= 4 is 23.6 Å². The van der Waals surface area contributed by atoms with Crippen LogP contribution in [0.4, 0.5) is 0 Å². The van der Waals surface area contributed by atoms with Gasteiger partial charge in [-0.1, -0.05) is 74.5 Å². The lowest BCUT2D eigenvalue weighted by atomic mass is 10.0. The first kappa shape index (κ1) is 29.8. The standard InChI is InChI=1S/C30H41N5O4/c1-21(2)17-26-30(39)34(4)22(3)28(37)33-25(18-23-11-7-5-8-12-23)29(38)31-15-16-35(20-27(36)32-26)19-24-13-9-6-10-14-24/h5-14,21-22,25-26H,15-20H2,1-4H3,(H,31,38)(H,32,36)(H,33,37)/t22-,25-,26-/m0/s1. The maximum atomic E-state index is 13.5. The molecule has 3 atom stereocenters. The van der Waals surface area contributed by atoms with Gasteiger partial charge in [-0.2, -0.15) is 0 Å². The number of likely N-dealkylation sites (N-methyl/N-ethyl adjacent to an activating group) is 1. The topological polar surface area (TPSA) is 111 Å². The zero-order chi connectivity index (χ0) is 28.4. The fourth-order valence-corrected chi connectivity index (χ4v) is 4.62. The second-order valence-electron chi connectivity index (χ2n) is 10.6. The monoisotopic (exact) mass is 535 g/mol. The van der Waals surface area contributed by atoms with Crippen molar-refractivity contribution in [1.29, 1.82) is 0 Å². The van der Waals surface area contributed by atoms with Gasteiger partial charge in [-0.05, 0) is 30.4 Å². The number of nitrogens with zero attached hydrogens (tertiary/aromatic N) is 2. The highest BCUT2D eigenvalue weighted by atomic mass is 16.2. The van der Waals surface area contributed by atoms with Gasteiger partial charge in [-0.15, -0.1) is 0 Å². The summed E-state index contributed by atoms with van der Waals surface area (Å²) in [6.45, 7) is 6.88. The summed E-state index contributed by atoms with van der Waals surface area (Å²) >= 11 is 0. The summed E-state index contributed by atoms with van der Waals surface area (Å²) in [6.07, 6.45) is 0.755. The molecule has 2 aromatic carbocycles. The highest BCUT2D eigenvalue weighted by Gasteiger charge is 2.32. The first-order chi connectivity index (χ1) is 18.6. The van der Waals surface area contributed by atoms with Crippen LogP contribution in [-0.4, -0.2) is 78.2 Å². The molecule has 9 nitrogen and oxygen atoms in total. The van der Waals surface area contributed by atoms with Crippen molar-refractivity contribution in [1.82, 2.24) is 25.8 Å². The molecular formula is C30H41N5O4. The molecule has 0 bridgehead atoms. The minimum absolute atomic E-state index is 0.0660. The summed E-state index contributed by atoms with van der Waals surface area (Å²) < 4.78 is 0. The molecule has 1 aliphatic heterocycles. The van der Waals surface area contributed by atoms with Crippen LogP contribution in [0.5, 0.6) is 0 Å². The molecule has 0 saturated carbocycles. The molecule has 0 radical (unpaired) electrons. The van der Waals surface area contributed by atoms with Gasteiger partial charge in [0.15, 0.2) is 0 Å². The van der Waals surface area contributed by atoms with Crippen molar-refractivity contribution in [2.75, 3.05) is 26.7 Å². The average molecular weight is 536 g/mol. The lowest BCUT2D eigenvalue weighted by molar-refractivity contribution is -0.142. The normalized spacial score (nSPS) is 22.5. The Hall–Kier alpha value is -3.72. The predicted octanol–water partition coefficient (Wildman–Crippen LogP) is 1.72. The van der Waals surface area contributed by atoms with Crippen molar-refractivity contribution in [3.8, 4) is 0 Å². The lowest BCUT2D eigenvalue weighted by Crippen LogP contribution is -2.56. The van der Waals surface area contributed by atoms with E-state index in [1.165, 1.54) is 4.90 Å². The van der Waals surface area contributed by atoms with Crippen molar-refractivity contribution in [2.24, 2.45) is 5.92 Å². The minimum atomic E-state index is -0.838. The average Bonchev–Trinajstić information content (AvgIpc) is 2.91. The van der Waals surface area contributed by atoms with E-state index in [-0.39, 0.29) is 30.2 Å². The summed E-state index contributed by atoms with van der Waals surface area (Å²) in [4.78, 5) is 56.4. The molecule has 1 heterocycles. The smallest absolute Gasteiger partial charge is 0.245 e. The second kappa shape index (κ2) is 14.4. The van der Waals surface area contributed by atoms with Gasteiger partial charge in [0.2, 0.25) is 23.6 Å². The first-order valence-corrected chi connectivity index (χ1v) is 13.6. The first-order valence-electron chi connectivity index (χ1n) is 13.6. The molecule has 1 aliphatic rings. The number of benzene rings is 2. The minimum Gasteiger partial charge on any atom is -0.353 e. The molecule has 0 spiro atoms. The van der Waals surface area contributed by atoms with Crippen LogP contribution in [0.2, 0.25) is 0 Å². The van der Waals surface area contributed by atoms with Crippen molar-refractivity contribution in [2.45, 2.75) is 58.3 Å². The third kappa shape index (κ3) is 9.21. The maximum Gasteiger partial charge on any atom is 0.245 e. The van der Waals surface area contributed by atoms with E-state index in [9.17, 15) is 19.2 Å². The number of rotatable bonds is 6. The van der Waals surface area contributed by atoms with E-state index in [1.807, 2.05) is 79.4 Å². The third-order valence-electron chi connectivity index (χ3n) is 6.91. The number of hydrogen-bond donors (Lipinski definition) is 3. The van der Waals surface area contributed by atoms with E-state index in [2.05, 4.69) is 16.0 Å².